The lowest BCUT2D eigenvalue weighted by Crippen LogP contribution is -2.56. The molecule has 0 aliphatic carbocycles. The van der Waals surface area contributed by atoms with Gasteiger partial charge in [0.15, 0.2) is 0 Å². The lowest BCUT2D eigenvalue weighted by molar-refractivity contribution is -0.141. The second kappa shape index (κ2) is 6.79. The molecule has 2 aliphatic heterocycles. The minimum atomic E-state index is -0.903. The Bertz CT molecular complexity index is 1590. The van der Waals surface area contributed by atoms with Crippen LogP contribution in [0.3, 0.4) is 0 Å². The van der Waals surface area contributed by atoms with Gasteiger partial charge in [-0.05, 0) is 49.2 Å². The number of hydrogen-bond acceptors (Lipinski definition) is 4. The second-order valence-corrected chi connectivity index (χ2v) is 11.2. The van der Waals surface area contributed by atoms with Crippen LogP contribution >= 0.6 is 11.3 Å². The molecule has 2 aliphatic rings. The molecule has 1 fully saturated rings. The lowest BCUT2D eigenvalue weighted by Gasteiger charge is -2.32. The molecule has 7 heteroatoms. The fourth-order valence-corrected chi connectivity index (χ4v) is 6.87. The van der Waals surface area contributed by atoms with Crippen LogP contribution in [0.15, 0.2) is 36.4 Å². The Morgan fingerprint density at radius 3 is 2.47 bits per heavy atom. The van der Waals surface area contributed by atoms with Gasteiger partial charge in [-0.1, -0.05) is 37.1 Å². The van der Waals surface area contributed by atoms with Gasteiger partial charge in [-0.25, -0.2) is 4.79 Å². The Balaban J connectivity index is 1.57. The number of rotatable bonds is 2. The van der Waals surface area contributed by atoms with Gasteiger partial charge in [-0.2, -0.15) is 0 Å². The summed E-state index contributed by atoms with van der Waals surface area (Å²) in [4.78, 5) is 39.0. The van der Waals surface area contributed by atoms with Crippen molar-refractivity contribution in [1.29, 1.82) is 0 Å². The van der Waals surface area contributed by atoms with E-state index in [1.165, 1.54) is 45.6 Å². The molecule has 6 nitrogen and oxygen atoms in total. The Kier molecular flexibility index (Phi) is 4.22. The zero-order chi connectivity index (χ0) is 24.1. The van der Waals surface area contributed by atoms with Crippen LogP contribution in [0.5, 0.6) is 0 Å². The molecule has 1 N–H and O–H groups in total. The van der Waals surface area contributed by atoms with Crippen LogP contribution in [0.25, 0.3) is 26.8 Å². The summed E-state index contributed by atoms with van der Waals surface area (Å²) in [7, 11) is 1.41. The summed E-state index contributed by atoms with van der Waals surface area (Å²) in [5, 5.41) is 5.92. The number of carbonyl (C=O) groups excluding carboxylic acids is 3. The molecule has 2 aromatic carbocycles. The Morgan fingerprint density at radius 1 is 0.971 bits per heavy atom. The molecule has 0 saturated carbocycles. The van der Waals surface area contributed by atoms with Gasteiger partial charge >= 0.3 is 6.03 Å². The van der Waals surface area contributed by atoms with Crippen LogP contribution in [0.2, 0.25) is 0 Å². The van der Waals surface area contributed by atoms with E-state index in [4.69, 9.17) is 0 Å². The number of thiophene rings is 1. The minimum absolute atomic E-state index is 0.237. The largest absolute Gasteiger partial charge is 0.330 e. The van der Waals surface area contributed by atoms with Gasteiger partial charge in [0.05, 0.1) is 11.0 Å². The standard InChI is InChI=1S/C27H25N3O3S/c1-13-6-7-21-16(8-13)17-9-14(2)10-19-22(17)30(21)25-20(27(19,3)4)12-15(34-25)11-18-23(31)28-26(33)29(5)24(18)32/h6-10,12,18H,11H2,1-5H3,(H,28,31,33). The quantitative estimate of drug-likeness (QED) is 0.420. The van der Waals surface area contributed by atoms with Gasteiger partial charge in [0.25, 0.3) is 0 Å². The van der Waals surface area contributed by atoms with Crippen LogP contribution in [0.4, 0.5) is 4.79 Å². The van der Waals surface area contributed by atoms with Gasteiger partial charge in [0.2, 0.25) is 11.8 Å². The first-order chi connectivity index (χ1) is 16.1. The average molecular weight is 472 g/mol. The van der Waals surface area contributed by atoms with E-state index in [9.17, 15) is 14.4 Å². The van der Waals surface area contributed by atoms with Gasteiger partial charge in [-0.15, -0.1) is 11.3 Å². The van der Waals surface area contributed by atoms with Gasteiger partial charge in [0.1, 0.15) is 10.9 Å². The van der Waals surface area contributed by atoms with Crippen molar-refractivity contribution >= 4 is 51.0 Å². The van der Waals surface area contributed by atoms with Crippen molar-refractivity contribution in [2.45, 2.75) is 39.5 Å². The Hall–Kier alpha value is -3.45. The third-order valence-electron chi connectivity index (χ3n) is 7.36. The summed E-state index contributed by atoms with van der Waals surface area (Å²) in [6.45, 7) is 8.75. The Morgan fingerprint density at radius 2 is 1.71 bits per heavy atom. The molecule has 4 heterocycles. The number of urea groups is 1. The van der Waals surface area contributed by atoms with Crippen molar-refractivity contribution in [2.24, 2.45) is 5.92 Å². The first kappa shape index (κ1) is 21.1. The summed E-state index contributed by atoms with van der Waals surface area (Å²) < 4.78 is 2.35. The first-order valence-corrected chi connectivity index (χ1v) is 12.2. The third-order valence-corrected chi connectivity index (χ3v) is 8.50. The molecule has 2 aromatic heterocycles. The van der Waals surface area contributed by atoms with Crippen LogP contribution < -0.4 is 5.32 Å². The van der Waals surface area contributed by atoms with Crippen molar-refractivity contribution in [3.63, 3.8) is 0 Å². The summed E-state index contributed by atoms with van der Waals surface area (Å²) in [6, 6.07) is 12.6. The minimum Gasteiger partial charge on any atom is -0.300 e. The van der Waals surface area contributed by atoms with E-state index >= 15 is 0 Å². The number of aromatic nitrogens is 1. The first-order valence-electron chi connectivity index (χ1n) is 11.4. The van der Waals surface area contributed by atoms with Crippen molar-refractivity contribution in [3.8, 4) is 5.00 Å². The maximum absolute atomic E-state index is 12.7. The topological polar surface area (TPSA) is 71.4 Å². The smallest absolute Gasteiger partial charge is 0.300 e. The highest BCUT2D eigenvalue weighted by Gasteiger charge is 2.41. The molecular weight excluding hydrogens is 446 g/mol. The lowest BCUT2D eigenvalue weighted by atomic mass is 9.75. The van der Waals surface area contributed by atoms with Crippen molar-refractivity contribution in [1.82, 2.24) is 14.8 Å². The monoisotopic (exact) mass is 471 g/mol. The van der Waals surface area contributed by atoms with Gasteiger partial charge in [0, 0.05) is 34.5 Å². The predicted octanol–water partition coefficient (Wildman–Crippen LogP) is 4.97. The highest BCUT2D eigenvalue weighted by molar-refractivity contribution is 7.14. The number of nitrogens with one attached hydrogen (secondary N) is 1. The number of carbonyl (C=O) groups is 3. The van der Waals surface area contributed by atoms with E-state index in [1.807, 2.05) is 0 Å². The molecule has 1 saturated heterocycles. The van der Waals surface area contributed by atoms with Crippen LogP contribution in [-0.2, 0) is 21.4 Å². The SMILES string of the molecule is Cc1ccc2c(c1)c1cc(C)cc3c1n2-c1sc(CC2C(=O)NC(=O)N(C)C2=O)cc1C3(C)C. The highest BCUT2D eigenvalue weighted by Crippen LogP contribution is 2.50. The van der Waals surface area contributed by atoms with E-state index in [1.54, 1.807) is 11.3 Å². The third kappa shape index (κ3) is 2.70. The number of amides is 4. The number of hydrogen-bond donors (Lipinski definition) is 1. The van der Waals surface area contributed by atoms with E-state index in [-0.39, 0.29) is 11.8 Å². The maximum atomic E-state index is 12.7. The molecular formula is C27H25N3O3S. The van der Waals surface area contributed by atoms with Crippen LogP contribution in [-0.4, -0.2) is 34.4 Å². The van der Waals surface area contributed by atoms with Gasteiger partial charge < -0.3 is 4.57 Å². The normalized spacial score (nSPS) is 19.1. The predicted molar refractivity (Wildman–Crippen MR) is 134 cm³/mol. The summed E-state index contributed by atoms with van der Waals surface area (Å²) in [5.74, 6) is -1.89. The number of barbiturate groups is 1. The number of aryl methyl sites for hydroxylation is 2. The highest BCUT2D eigenvalue weighted by atomic mass is 32.1. The number of imide groups is 2. The summed E-state index contributed by atoms with van der Waals surface area (Å²) in [5.41, 5.74) is 7.08. The van der Waals surface area contributed by atoms with E-state index in [0.29, 0.717) is 0 Å². The Labute approximate surface area is 201 Å². The van der Waals surface area contributed by atoms with Crippen molar-refractivity contribution in [3.05, 3.63) is 63.5 Å². The molecule has 1 unspecified atom stereocenters. The molecule has 0 bridgehead atoms. The molecule has 34 heavy (non-hydrogen) atoms. The second-order valence-electron chi connectivity index (χ2n) is 10.1. The van der Waals surface area contributed by atoms with Crippen LogP contribution in [0.1, 0.15) is 41.0 Å². The zero-order valence-electron chi connectivity index (χ0n) is 19.8. The maximum Gasteiger partial charge on any atom is 0.330 e. The van der Waals surface area contributed by atoms with Crippen molar-refractivity contribution in [2.75, 3.05) is 7.05 Å². The molecule has 1 atom stereocenters. The number of nitrogens with zero attached hydrogens (tertiary/aromatic N) is 2. The molecule has 172 valence electrons. The van der Waals surface area contributed by atoms with E-state index in [0.717, 1.165) is 20.3 Å². The molecule has 4 amide bonds. The summed E-state index contributed by atoms with van der Waals surface area (Å²) in [6.07, 6.45) is 0.271. The number of fused-ring (bicyclic) bond motifs is 5. The average Bonchev–Trinajstić information content (AvgIpc) is 3.33. The van der Waals surface area contributed by atoms with Crippen LogP contribution in [0, 0.1) is 19.8 Å². The fourth-order valence-electron chi connectivity index (χ4n) is 5.49. The molecule has 0 spiro atoms. The fraction of sp³-hybridized carbons (Fsp3) is 0.296. The van der Waals surface area contributed by atoms with Gasteiger partial charge in [-0.3, -0.25) is 19.8 Å². The van der Waals surface area contributed by atoms with E-state index < -0.39 is 23.8 Å². The molecule has 0 radical (unpaired) electrons. The van der Waals surface area contributed by atoms with E-state index in [2.05, 4.69) is 74.0 Å². The summed E-state index contributed by atoms with van der Waals surface area (Å²) >= 11 is 1.63. The molecule has 4 aromatic rings. The molecule has 6 rings (SSSR count). The van der Waals surface area contributed by atoms with Crippen molar-refractivity contribution < 1.29 is 14.4 Å². The number of benzene rings is 2. The zero-order valence-corrected chi connectivity index (χ0v) is 20.6.